The number of hydrogen-bond donors (Lipinski definition) is 1. The molecule has 104 valence electrons. The topological polar surface area (TPSA) is 41.6 Å². The van der Waals surface area contributed by atoms with Crippen molar-refractivity contribution in [3.63, 3.8) is 0 Å². The Kier molecular flexibility index (Phi) is 5.21. The van der Waals surface area contributed by atoms with Gasteiger partial charge in [0.05, 0.1) is 0 Å². The molecule has 0 radical (unpaired) electrons. The van der Waals surface area contributed by atoms with Gasteiger partial charge in [0.1, 0.15) is 6.61 Å². The Labute approximate surface area is 114 Å². The van der Waals surface area contributed by atoms with Crippen LogP contribution in [-0.4, -0.2) is 36.7 Å². The zero-order valence-corrected chi connectivity index (χ0v) is 11.5. The molecule has 1 aromatic rings. The maximum Gasteiger partial charge on any atom is 0.410 e. The van der Waals surface area contributed by atoms with Gasteiger partial charge in [0.2, 0.25) is 0 Å². The van der Waals surface area contributed by atoms with Gasteiger partial charge in [0, 0.05) is 19.1 Å². The molecule has 2 rings (SSSR count). The fourth-order valence-electron chi connectivity index (χ4n) is 2.32. The minimum Gasteiger partial charge on any atom is -0.445 e. The van der Waals surface area contributed by atoms with Gasteiger partial charge >= 0.3 is 6.09 Å². The fraction of sp³-hybridized carbons (Fsp3) is 0.533. The van der Waals surface area contributed by atoms with E-state index in [-0.39, 0.29) is 6.09 Å². The number of amides is 1. The first-order valence-corrected chi connectivity index (χ1v) is 6.98. The van der Waals surface area contributed by atoms with Crippen LogP contribution in [0.1, 0.15) is 25.3 Å². The summed E-state index contributed by atoms with van der Waals surface area (Å²) >= 11 is 0. The Hall–Kier alpha value is -1.55. The van der Waals surface area contributed by atoms with E-state index >= 15 is 0 Å². The van der Waals surface area contributed by atoms with E-state index in [1.165, 1.54) is 6.42 Å². The molecule has 1 amide bonds. The lowest BCUT2D eigenvalue weighted by atomic mass is 10.2. The molecule has 4 heteroatoms. The van der Waals surface area contributed by atoms with Crippen LogP contribution in [0.25, 0.3) is 0 Å². The lowest BCUT2D eigenvalue weighted by Gasteiger charge is -2.23. The van der Waals surface area contributed by atoms with Crippen molar-refractivity contribution in [3.8, 4) is 0 Å². The van der Waals surface area contributed by atoms with Gasteiger partial charge in [-0.05, 0) is 31.9 Å². The van der Waals surface area contributed by atoms with Crippen LogP contribution in [0, 0.1) is 0 Å². The number of likely N-dealkylation sites (N-methyl/N-ethyl adjacent to an activating group) is 1. The van der Waals surface area contributed by atoms with Gasteiger partial charge in [0.25, 0.3) is 0 Å². The number of benzene rings is 1. The van der Waals surface area contributed by atoms with Gasteiger partial charge in [-0.25, -0.2) is 4.79 Å². The van der Waals surface area contributed by atoms with Gasteiger partial charge < -0.3 is 15.0 Å². The summed E-state index contributed by atoms with van der Waals surface area (Å²) in [7, 11) is 0. The highest BCUT2D eigenvalue weighted by Gasteiger charge is 2.21. The second-order valence-electron chi connectivity index (χ2n) is 4.87. The normalized spacial score (nSPS) is 18.3. The minimum absolute atomic E-state index is 0.222. The minimum atomic E-state index is -0.222. The number of rotatable bonds is 5. The highest BCUT2D eigenvalue weighted by atomic mass is 16.6. The van der Waals surface area contributed by atoms with Crippen LogP contribution in [0.2, 0.25) is 0 Å². The summed E-state index contributed by atoms with van der Waals surface area (Å²) in [5.74, 6) is 0. The van der Waals surface area contributed by atoms with Crippen molar-refractivity contribution in [3.05, 3.63) is 35.9 Å². The van der Waals surface area contributed by atoms with E-state index in [1.807, 2.05) is 37.3 Å². The maximum atomic E-state index is 12.0. The van der Waals surface area contributed by atoms with Crippen LogP contribution >= 0.6 is 0 Å². The second kappa shape index (κ2) is 7.14. The number of ether oxygens (including phenoxy) is 1. The van der Waals surface area contributed by atoms with E-state index in [9.17, 15) is 4.79 Å². The fourth-order valence-corrected chi connectivity index (χ4v) is 2.32. The van der Waals surface area contributed by atoms with Gasteiger partial charge in [-0.15, -0.1) is 0 Å². The standard InChI is InChI=1S/C15H22N2O2/c1-2-17(11-14-9-6-10-16-14)15(18)19-12-13-7-4-3-5-8-13/h3-5,7-8,14,16H,2,6,9-12H2,1H3/t14-/m0/s1. The van der Waals surface area contributed by atoms with Crippen molar-refractivity contribution in [2.24, 2.45) is 0 Å². The summed E-state index contributed by atoms with van der Waals surface area (Å²) in [6.07, 6.45) is 2.11. The molecule has 0 saturated carbocycles. The number of nitrogens with zero attached hydrogens (tertiary/aromatic N) is 1. The molecule has 1 saturated heterocycles. The van der Waals surface area contributed by atoms with Gasteiger partial charge in [0.15, 0.2) is 0 Å². The molecule has 1 aromatic carbocycles. The van der Waals surface area contributed by atoms with Crippen LogP contribution in [0.4, 0.5) is 4.79 Å². The average molecular weight is 262 g/mol. The molecule has 0 unspecified atom stereocenters. The number of carbonyl (C=O) groups excluding carboxylic acids is 1. The number of carbonyl (C=O) groups is 1. The molecule has 4 nitrogen and oxygen atoms in total. The predicted molar refractivity (Wildman–Crippen MR) is 74.9 cm³/mol. The van der Waals surface area contributed by atoms with E-state index in [4.69, 9.17) is 4.74 Å². The largest absolute Gasteiger partial charge is 0.445 e. The summed E-state index contributed by atoms with van der Waals surface area (Å²) in [5, 5.41) is 3.40. The van der Waals surface area contributed by atoms with E-state index < -0.39 is 0 Å². The Balaban J connectivity index is 1.79. The molecule has 1 aliphatic heterocycles. The third-order valence-corrected chi connectivity index (χ3v) is 3.45. The van der Waals surface area contributed by atoms with Gasteiger partial charge in [-0.1, -0.05) is 30.3 Å². The van der Waals surface area contributed by atoms with Crippen molar-refractivity contribution < 1.29 is 9.53 Å². The van der Waals surface area contributed by atoms with E-state index in [0.29, 0.717) is 19.2 Å². The van der Waals surface area contributed by atoms with E-state index in [0.717, 1.165) is 25.1 Å². The van der Waals surface area contributed by atoms with Crippen LogP contribution in [0.5, 0.6) is 0 Å². The Bertz CT molecular complexity index is 388. The first kappa shape index (κ1) is 13.9. The average Bonchev–Trinajstić information content (AvgIpc) is 2.96. The van der Waals surface area contributed by atoms with Crippen LogP contribution in [0.3, 0.4) is 0 Å². The molecule has 1 fully saturated rings. The predicted octanol–water partition coefficient (Wildman–Crippen LogP) is 2.40. The molecule has 0 aliphatic carbocycles. The van der Waals surface area contributed by atoms with Crippen LogP contribution in [-0.2, 0) is 11.3 Å². The van der Waals surface area contributed by atoms with Crippen molar-refractivity contribution in [2.45, 2.75) is 32.4 Å². The number of nitrogens with one attached hydrogen (secondary N) is 1. The second-order valence-corrected chi connectivity index (χ2v) is 4.87. The molecule has 1 aliphatic rings. The molecule has 1 atom stereocenters. The lowest BCUT2D eigenvalue weighted by molar-refractivity contribution is 0.0951. The zero-order chi connectivity index (χ0) is 13.5. The summed E-state index contributed by atoms with van der Waals surface area (Å²) in [5.41, 5.74) is 1.02. The third kappa shape index (κ3) is 4.24. The van der Waals surface area contributed by atoms with Crippen molar-refractivity contribution in [2.75, 3.05) is 19.6 Å². The summed E-state index contributed by atoms with van der Waals surface area (Å²) < 4.78 is 5.35. The van der Waals surface area contributed by atoms with Gasteiger partial charge in [-0.2, -0.15) is 0 Å². The third-order valence-electron chi connectivity index (χ3n) is 3.45. The first-order valence-electron chi connectivity index (χ1n) is 6.98. The summed E-state index contributed by atoms with van der Waals surface area (Å²) in [6.45, 7) is 4.81. The Morgan fingerprint density at radius 1 is 1.42 bits per heavy atom. The highest BCUT2D eigenvalue weighted by Crippen LogP contribution is 2.09. The van der Waals surface area contributed by atoms with E-state index in [2.05, 4.69) is 5.32 Å². The Morgan fingerprint density at radius 3 is 2.84 bits per heavy atom. The van der Waals surface area contributed by atoms with Crippen LogP contribution in [0.15, 0.2) is 30.3 Å². The lowest BCUT2D eigenvalue weighted by Crippen LogP contribution is -2.41. The van der Waals surface area contributed by atoms with Gasteiger partial charge in [-0.3, -0.25) is 0 Å². The molecule has 0 spiro atoms. The first-order chi connectivity index (χ1) is 9.29. The molecular weight excluding hydrogens is 240 g/mol. The molecule has 1 N–H and O–H groups in total. The van der Waals surface area contributed by atoms with Crippen LogP contribution < -0.4 is 5.32 Å². The summed E-state index contributed by atoms with van der Waals surface area (Å²) in [6, 6.07) is 10.2. The van der Waals surface area contributed by atoms with Crippen molar-refractivity contribution in [1.82, 2.24) is 10.2 Å². The maximum absolute atomic E-state index is 12.0. The summed E-state index contributed by atoms with van der Waals surface area (Å²) in [4.78, 5) is 13.8. The molecule has 19 heavy (non-hydrogen) atoms. The molecule has 0 aromatic heterocycles. The quantitative estimate of drug-likeness (QED) is 0.886. The monoisotopic (exact) mass is 262 g/mol. The Morgan fingerprint density at radius 2 is 2.21 bits per heavy atom. The number of hydrogen-bond acceptors (Lipinski definition) is 3. The van der Waals surface area contributed by atoms with Crippen molar-refractivity contribution >= 4 is 6.09 Å². The smallest absolute Gasteiger partial charge is 0.410 e. The molecular formula is C15H22N2O2. The zero-order valence-electron chi connectivity index (χ0n) is 11.5. The van der Waals surface area contributed by atoms with E-state index in [1.54, 1.807) is 4.90 Å². The van der Waals surface area contributed by atoms with Crippen molar-refractivity contribution in [1.29, 1.82) is 0 Å². The molecule has 1 heterocycles. The highest BCUT2D eigenvalue weighted by molar-refractivity contribution is 5.67. The molecule has 0 bridgehead atoms. The SMILES string of the molecule is CCN(C[C@@H]1CCCN1)C(=O)OCc1ccccc1.